The predicted octanol–water partition coefficient (Wildman–Crippen LogP) is 8.18. The van der Waals surface area contributed by atoms with E-state index >= 15 is 0 Å². The molecule has 0 fully saturated rings. The lowest BCUT2D eigenvalue weighted by Crippen LogP contribution is -2.42. The maximum absolute atomic E-state index is 14.2. The Morgan fingerprint density at radius 2 is 1.69 bits per heavy atom. The maximum Gasteiger partial charge on any atom is 0.435 e. The van der Waals surface area contributed by atoms with E-state index in [4.69, 9.17) is 28.0 Å². The number of thioether (sulfide) groups is 1. The van der Waals surface area contributed by atoms with Crippen LogP contribution in [0, 0.1) is 6.92 Å². The molecule has 32 heavy (non-hydrogen) atoms. The fraction of sp³-hybridized carbons (Fsp3) is 0.208. The quantitative estimate of drug-likeness (QED) is 0.332. The van der Waals surface area contributed by atoms with Crippen LogP contribution >= 0.6 is 35.0 Å². The zero-order valence-corrected chi connectivity index (χ0v) is 19.2. The molecule has 1 heterocycles. The molecule has 0 amide bonds. The first-order valence-electron chi connectivity index (χ1n) is 9.74. The second-order valence-corrected chi connectivity index (χ2v) is 9.43. The van der Waals surface area contributed by atoms with Crippen molar-refractivity contribution in [1.29, 1.82) is 0 Å². The van der Waals surface area contributed by atoms with Gasteiger partial charge in [0.05, 0.1) is 5.71 Å². The number of alkyl halides is 3. The molecule has 8 heteroatoms. The predicted molar refractivity (Wildman–Crippen MR) is 124 cm³/mol. The summed E-state index contributed by atoms with van der Waals surface area (Å²) in [6, 6.07) is 19.4. The van der Waals surface area contributed by atoms with E-state index in [0.717, 1.165) is 16.2 Å². The van der Waals surface area contributed by atoms with Gasteiger partial charge >= 0.3 is 6.18 Å². The highest BCUT2D eigenvalue weighted by molar-refractivity contribution is 7.98. The summed E-state index contributed by atoms with van der Waals surface area (Å²) in [5, 5.41) is 4.03. The summed E-state index contributed by atoms with van der Waals surface area (Å²) in [5.41, 5.74) is 0.164. The normalized spacial score (nSPS) is 18.4. The van der Waals surface area contributed by atoms with Crippen molar-refractivity contribution < 1.29 is 18.0 Å². The average Bonchev–Trinajstić information content (AvgIpc) is 3.20. The van der Waals surface area contributed by atoms with Crippen LogP contribution < -0.4 is 0 Å². The Labute approximate surface area is 198 Å². The lowest BCUT2D eigenvalue weighted by Gasteiger charge is -2.29. The Hall–Kier alpha value is -2.15. The summed E-state index contributed by atoms with van der Waals surface area (Å²) < 4.78 is 42.5. The number of hydrogen-bond donors (Lipinski definition) is 0. The minimum Gasteiger partial charge on any atom is -0.374 e. The first-order valence-corrected chi connectivity index (χ1v) is 11.5. The number of aryl methyl sites for hydroxylation is 1. The van der Waals surface area contributed by atoms with Crippen LogP contribution in [0.25, 0.3) is 0 Å². The molecule has 0 saturated carbocycles. The van der Waals surface area contributed by atoms with Gasteiger partial charge in [0.15, 0.2) is 0 Å². The van der Waals surface area contributed by atoms with Gasteiger partial charge in [-0.1, -0.05) is 64.8 Å². The minimum absolute atomic E-state index is 0.101. The second kappa shape index (κ2) is 9.00. The SMILES string of the molecule is Cc1cc(C2=NOC(c3cc(Cl)cc(Cl)c3)(C(F)(F)F)C2)ccc1SCc1ccccc1. The van der Waals surface area contributed by atoms with E-state index in [9.17, 15) is 13.2 Å². The number of rotatable bonds is 5. The van der Waals surface area contributed by atoms with Gasteiger partial charge < -0.3 is 4.84 Å². The summed E-state index contributed by atoms with van der Waals surface area (Å²) in [6.45, 7) is 1.93. The molecule has 0 aliphatic carbocycles. The Kier molecular flexibility index (Phi) is 6.48. The lowest BCUT2D eigenvalue weighted by molar-refractivity contribution is -0.275. The van der Waals surface area contributed by atoms with E-state index in [1.807, 2.05) is 37.3 Å². The van der Waals surface area contributed by atoms with Gasteiger partial charge in [-0.3, -0.25) is 0 Å². The number of benzene rings is 3. The number of hydrogen-bond acceptors (Lipinski definition) is 3. The largest absolute Gasteiger partial charge is 0.435 e. The highest BCUT2D eigenvalue weighted by atomic mass is 35.5. The van der Waals surface area contributed by atoms with Crippen LogP contribution in [0.1, 0.15) is 28.7 Å². The first-order chi connectivity index (χ1) is 15.2. The third-order valence-electron chi connectivity index (χ3n) is 5.26. The molecular weight excluding hydrogens is 478 g/mol. The first kappa shape index (κ1) is 23.0. The molecule has 1 aliphatic heterocycles. The molecular formula is C24H18Cl2F3NOS. The van der Waals surface area contributed by atoms with Gasteiger partial charge in [0, 0.05) is 32.7 Å². The molecule has 1 aliphatic rings. The minimum atomic E-state index is -4.72. The van der Waals surface area contributed by atoms with Crippen LogP contribution in [0.4, 0.5) is 13.2 Å². The highest BCUT2D eigenvalue weighted by Gasteiger charge is 2.62. The van der Waals surface area contributed by atoms with Crippen molar-refractivity contribution in [3.63, 3.8) is 0 Å². The van der Waals surface area contributed by atoms with E-state index in [2.05, 4.69) is 17.3 Å². The Balaban J connectivity index is 1.57. The molecule has 0 radical (unpaired) electrons. The van der Waals surface area contributed by atoms with E-state index in [-0.39, 0.29) is 21.3 Å². The maximum atomic E-state index is 14.2. The Bertz CT molecular complexity index is 1150. The molecule has 1 atom stereocenters. The summed E-state index contributed by atoms with van der Waals surface area (Å²) >= 11 is 13.6. The smallest absolute Gasteiger partial charge is 0.374 e. The third-order valence-corrected chi connectivity index (χ3v) is 6.94. The molecule has 4 rings (SSSR count). The van der Waals surface area contributed by atoms with Crippen molar-refractivity contribution in [2.45, 2.75) is 35.8 Å². The van der Waals surface area contributed by atoms with Crippen molar-refractivity contribution in [2.75, 3.05) is 0 Å². The fourth-order valence-electron chi connectivity index (χ4n) is 3.57. The molecule has 166 valence electrons. The Morgan fingerprint density at radius 3 is 2.31 bits per heavy atom. The van der Waals surface area contributed by atoms with Crippen LogP contribution in [0.5, 0.6) is 0 Å². The van der Waals surface area contributed by atoms with Crippen molar-refractivity contribution in [3.05, 3.63) is 99.0 Å². The Morgan fingerprint density at radius 1 is 1.00 bits per heavy atom. The number of oxime groups is 1. The molecule has 3 aromatic rings. The van der Waals surface area contributed by atoms with Crippen LogP contribution in [0.15, 0.2) is 76.8 Å². The van der Waals surface area contributed by atoms with Crippen molar-refractivity contribution in [1.82, 2.24) is 0 Å². The van der Waals surface area contributed by atoms with Crippen molar-refractivity contribution in [3.8, 4) is 0 Å². The monoisotopic (exact) mass is 495 g/mol. The van der Waals surface area contributed by atoms with Crippen LogP contribution in [-0.2, 0) is 16.2 Å². The summed E-state index contributed by atoms with van der Waals surface area (Å²) in [7, 11) is 0. The van der Waals surface area contributed by atoms with Gasteiger partial charge in [0.1, 0.15) is 0 Å². The molecule has 0 spiro atoms. The van der Waals surface area contributed by atoms with E-state index in [1.54, 1.807) is 17.8 Å². The summed E-state index contributed by atoms with van der Waals surface area (Å²) in [6.07, 6.45) is -5.18. The molecule has 0 N–H and O–H groups in total. The third kappa shape index (κ3) is 4.63. The van der Waals surface area contributed by atoms with E-state index in [1.165, 1.54) is 23.8 Å². The highest BCUT2D eigenvalue weighted by Crippen LogP contribution is 2.49. The van der Waals surface area contributed by atoms with Crippen LogP contribution in [0.3, 0.4) is 0 Å². The molecule has 3 aromatic carbocycles. The van der Waals surface area contributed by atoms with Gasteiger partial charge in [-0.2, -0.15) is 13.2 Å². The van der Waals surface area contributed by atoms with Gasteiger partial charge in [-0.15, -0.1) is 11.8 Å². The molecule has 0 bridgehead atoms. The lowest BCUT2D eigenvalue weighted by atomic mass is 9.86. The summed E-state index contributed by atoms with van der Waals surface area (Å²) in [4.78, 5) is 6.14. The standard InChI is InChI=1S/C24H18Cl2F3NOS/c1-15-9-17(7-8-22(15)32-14-16-5-3-2-4-6-16)21-13-23(31-30-21,24(27,28)29)18-10-19(25)12-20(26)11-18/h2-12H,13-14H2,1H3. The van der Waals surface area contributed by atoms with Crippen molar-refractivity contribution in [2.24, 2.45) is 5.16 Å². The van der Waals surface area contributed by atoms with Crippen molar-refractivity contribution >= 4 is 40.7 Å². The van der Waals surface area contributed by atoms with E-state index in [0.29, 0.717) is 5.56 Å². The summed E-state index contributed by atoms with van der Waals surface area (Å²) in [5.74, 6) is 0.803. The second-order valence-electron chi connectivity index (χ2n) is 7.54. The average molecular weight is 496 g/mol. The zero-order chi connectivity index (χ0) is 22.9. The number of nitrogens with zero attached hydrogens (tertiary/aromatic N) is 1. The van der Waals surface area contributed by atoms with Crippen LogP contribution in [0.2, 0.25) is 10.0 Å². The fourth-order valence-corrected chi connectivity index (χ4v) is 5.06. The zero-order valence-electron chi connectivity index (χ0n) is 16.9. The number of halogens is 5. The van der Waals surface area contributed by atoms with Gasteiger partial charge in [0.2, 0.25) is 0 Å². The van der Waals surface area contributed by atoms with Gasteiger partial charge in [-0.05, 0) is 53.9 Å². The van der Waals surface area contributed by atoms with Gasteiger partial charge in [-0.25, -0.2) is 0 Å². The van der Waals surface area contributed by atoms with Crippen LogP contribution in [-0.4, -0.2) is 11.9 Å². The van der Waals surface area contributed by atoms with E-state index < -0.39 is 18.2 Å². The molecule has 2 nitrogen and oxygen atoms in total. The molecule has 0 aromatic heterocycles. The van der Waals surface area contributed by atoms with Gasteiger partial charge in [0.25, 0.3) is 5.60 Å². The molecule has 1 unspecified atom stereocenters. The topological polar surface area (TPSA) is 21.6 Å². The molecule has 0 saturated heterocycles.